The van der Waals surface area contributed by atoms with Gasteiger partial charge >= 0.3 is 0 Å². The topological polar surface area (TPSA) is 66.6 Å². The van der Waals surface area contributed by atoms with Crippen LogP contribution in [0.15, 0.2) is 0 Å². The standard InChI is InChI=1S/C13H27N3O2S/c1-2-16(13-8-6-7-12(13)11-14)19(17,18)15-9-4-3-5-10-15/h12-13H,2-11,14H2,1H3. The second-order valence-corrected chi connectivity index (χ2v) is 7.55. The number of rotatable bonds is 5. The Balaban J connectivity index is 2.15. The van der Waals surface area contributed by atoms with Crippen LogP contribution in [0.25, 0.3) is 0 Å². The third kappa shape index (κ3) is 3.12. The molecule has 2 aliphatic rings. The van der Waals surface area contributed by atoms with Crippen molar-refractivity contribution < 1.29 is 8.42 Å². The fourth-order valence-electron chi connectivity index (χ4n) is 3.48. The van der Waals surface area contributed by atoms with E-state index in [1.165, 1.54) is 0 Å². The molecule has 6 heteroatoms. The third-order valence-electron chi connectivity index (χ3n) is 4.54. The molecular weight excluding hydrogens is 262 g/mol. The lowest BCUT2D eigenvalue weighted by molar-refractivity contribution is 0.241. The number of hydrogen-bond donors (Lipinski definition) is 1. The van der Waals surface area contributed by atoms with Crippen LogP contribution in [0.2, 0.25) is 0 Å². The number of nitrogens with zero attached hydrogens (tertiary/aromatic N) is 2. The van der Waals surface area contributed by atoms with Crippen molar-refractivity contribution in [3.8, 4) is 0 Å². The Kier molecular flexibility index (Phi) is 5.22. The maximum absolute atomic E-state index is 12.8. The van der Waals surface area contributed by atoms with Gasteiger partial charge in [0.2, 0.25) is 0 Å². The predicted molar refractivity (Wildman–Crippen MR) is 76.9 cm³/mol. The second kappa shape index (κ2) is 6.52. The maximum Gasteiger partial charge on any atom is 0.282 e. The van der Waals surface area contributed by atoms with Gasteiger partial charge in [0.25, 0.3) is 10.2 Å². The lowest BCUT2D eigenvalue weighted by Gasteiger charge is -2.36. The van der Waals surface area contributed by atoms with E-state index in [0.717, 1.165) is 38.5 Å². The van der Waals surface area contributed by atoms with Crippen molar-refractivity contribution in [3.63, 3.8) is 0 Å². The van der Waals surface area contributed by atoms with E-state index in [4.69, 9.17) is 5.73 Å². The summed E-state index contributed by atoms with van der Waals surface area (Å²) < 4.78 is 28.9. The van der Waals surface area contributed by atoms with Crippen molar-refractivity contribution in [3.05, 3.63) is 0 Å². The summed E-state index contributed by atoms with van der Waals surface area (Å²) in [5.41, 5.74) is 5.80. The lowest BCUT2D eigenvalue weighted by Crippen LogP contribution is -2.51. The number of nitrogens with two attached hydrogens (primary N) is 1. The zero-order valence-corrected chi connectivity index (χ0v) is 12.7. The molecule has 2 unspecified atom stereocenters. The smallest absolute Gasteiger partial charge is 0.282 e. The minimum atomic E-state index is -3.29. The highest BCUT2D eigenvalue weighted by atomic mass is 32.2. The Labute approximate surface area is 117 Å². The van der Waals surface area contributed by atoms with Gasteiger partial charge in [0.05, 0.1) is 0 Å². The van der Waals surface area contributed by atoms with Gasteiger partial charge in [-0.05, 0) is 38.1 Å². The fourth-order valence-corrected chi connectivity index (χ4v) is 5.45. The molecule has 0 amide bonds. The summed E-state index contributed by atoms with van der Waals surface area (Å²) >= 11 is 0. The van der Waals surface area contributed by atoms with Gasteiger partial charge in [0, 0.05) is 25.7 Å². The molecule has 2 N–H and O–H groups in total. The van der Waals surface area contributed by atoms with Gasteiger partial charge in [-0.15, -0.1) is 0 Å². The summed E-state index contributed by atoms with van der Waals surface area (Å²) in [6.07, 6.45) is 6.24. The van der Waals surface area contributed by atoms with Crippen LogP contribution in [-0.4, -0.2) is 49.2 Å². The first-order valence-corrected chi connectivity index (χ1v) is 8.98. The molecule has 0 spiro atoms. The van der Waals surface area contributed by atoms with Gasteiger partial charge in [-0.1, -0.05) is 19.8 Å². The van der Waals surface area contributed by atoms with Crippen LogP contribution in [-0.2, 0) is 10.2 Å². The van der Waals surface area contributed by atoms with Crippen molar-refractivity contribution >= 4 is 10.2 Å². The molecule has 19 heavy (non-hydrogen) atoms. The largest absolute Gasteiger partial charge is 0.330 e. The summed E-state index contributed by atoms with van der Waals surface area (Å²) in [7, 11) is -3.29. The predicted octanol–water partition coefficient (Wildman–Crippen LogP) is 1.17. The van der Waals surface area contributed by atoms with Crippen LogP contribution in [0.4, 0.5) is 0 Å². The van der Waals surface area contributed by atoms with Gasteiger partial charge in [0.1, 0.15) is 0 Å². The van der Waals surface area contributed by atoms with Crippen molar-refractivity contribution in [2.75, 3.05) is 26.2 Å². The molecule has 1 heterocycles. The minimum absolute atomic E-state index is 0.113. The summed E-state index contributed by atoms with van der Waals surface area (Å²) in [5.74, 6) is 0.333. The molecule has 0 aromatic rings. The summed E-state index contributed by atoms with van der Waals surface area (Å²) in [4.78, 5) is 0. The van der Waals surface area contributed by atoms with Gasteiger partial charge < -0.3 is 5.73 Å². The monoisotopic (exact) mass is 289 g/mol. The molecule has 2 atom stereocenters. The van der Waals surface area contributed by atoms with E-state index < -0.39 is 10.2 Å². The van der Waals surface area contributed by atoms with Crippen molar-refractivity contribution in [1.82, 2.24) is 8.61 Å². The van der Waals surface area contributed by atoms with Crippen LogP contribution in [0, 0.1) is 5.92 Å². The first kappa shape index (κ1) is 15.2. The van der Waals surface area contributed by atoms with Gasteiger partial charge in [-0.3, -0.25) is 0 Å². The van der Waals surface area contributed by atoms with E-state index in [0.29, 0.717) is 32.1 Å². The van der Waals surface area contributed by atoms with Crippen LogP contribution >= 0.6 is 0 Å². The van der Waals surface area contributed by atoms with Gasteiger partial charge in [0.15, 0.2) is 0 Å². The summed E-state index contributed by atoms with van der Waals surface area (Å²) in [6, 6.07) is 0.113. The highest BCUT2D eigenvalue weighted by Crippen LogP contribution is 2.32. The molecule has 0 aromatic heterocycles. The normalized spacial score (nSPS) is 30.1. The van der Waals surface area contributed by atoms with Gasteiger partial charge in [-0.2, -0.15) is 17.0 Å². The second-order valence-electron chi connectivity index (χ2n) is 5.66. The molecule has 2 rings (SSSR count). The first-order valence-electron chi connectivity index (χ1n) is 7.58. The maximum atomic E-state index is 12.8. The molecule has 112 valence electrons. The summed E-state index contributed by atoms with van der Waals surface area (Å²) in [5, 5.41) is 0. The zero-order chi connectivity index (χ0) is 13.9. The van der Waals surface area contributed by atoms with E-state index >= 15 is 0 Å². The van der Waals surface area contributed by atoms with Crippen LogP contribution < -0.4 is 5.73 Å². The molecule has 5 nitrogen and oxygen atoms in total. The number of piperidine rings is 1. The first-order chi connectivity index (χ1) is 9.11. The molecule has 1 aliphatic heterocycles. The van der Waals surface area contributed by atoms with Crippen LogP contribution in [0.1, 0.15) is 45.4 Å². The quantitative estimate of drug-likeness (QED) is 0.826. The molecule has 0 aromatic carbocycles. The zero-order valence-electron chi connectivity index (χ0n) is 11.9. The Hall–Kier alpha value is -0.170. The Morgan fingerprint density at radius 3 is 2.42 bits per heavy atom. The summed E-state index contributed by atoms with van der Waals surface area (Å²) in [6.45, 7) is 4.45. The van der Waals surface area contributed by atoms with Crippen molar-refractivity contribution in [2.45, 2.75) is 51.5 Å². The fraction of sp³-hybridized carbons (Fsp3) is 1.00. The highest BCUT2D eigenvalue weighted by Gasteiger charge is 2.39. The average molecular weight is 289 g/mol. The molecule has 1 saturated heterocycles. The molecule has 0 bridgehead atoms. The molecule has 0 radical (unpaired) electrons. The molecular formula is C13H27N3O2S. The van der Waals surface area contributed by atoms with Crippen molar-refractivity contribution in [2.24, 2.45) is 11.7 Å². The van der Waals surface area contributed by atoms with Gasteiger partial charge in [-0.25, -0.2) is 0 Å². The van der Waals surface area contributed by atoms with Crippen LogP contribution in [0.5, 0.6) is 0 Å². The Morgan fingerprint density at radius 2 is 1.84 bits per heavy atom. The lowest BCUT2D eigenvalue weighted by atomic mass is 10.0. The van der Waals surface area contributed by atoms with E-state index in [9.17, 15) is 8.42 Å². The van der Waals surface area contributed by atoms with Crippen LogP contribution in [0.3, 0.4) is 0 Å². The van der Waals surface area contributed by atoms with E-state index in [-0.39, 0.29) is 6.04 Å². The Morgan fingerprint density at radius 1 is 1.16 bits per heavy atom. The van der Waals surface area contributed by atoms with E-state index in [1.54, 1.807) is 8.61 Å². The molecule has 2 fully saturated rings. The highest BCUT2D eigenvalue weighted by molar-refractivity contribution is 7.86. The molecule has 1 saturated carbocycles. The van der Waals surface area contributed by atoms with Crippen molar-refractivity contribution in [1.29, 1.82) is 0 Å². The van der Waals surface area contributed by atoms with E-state index in [1.807, 2.05) is 6.92 Å². The third-order valence-corrected chi connectivity index (χ3v) is 6.68. The average Bonchev–Trinajstić information content (AvgIpc) is 2.88. The SMILES string of the molecule is CCN(C1CCCC1CN)S(=O)(=O)N1CCCCC1. The minimum Gasteiger partial charge on any atom is -0.330 e. The number of hydrogen-bond acceptors (Lipinski definition) is 3. The Bertz CT molecular complexity index is 379. The van der Waals surface area contributed by atoms with E-state index in [2.05, 4.69) is 0 Å². The molecule has 1 aliphatic carbocycles.